The van der Waals surface area contributed by atoms with Crippen LogP contribution in [0.2, 0.25) is 0 Å². The predicted molar refractivity (Wildman–Crippen MR) is 121 cm³/mol. The van der Waals surface area contributed by atoms with Crippen molar-refractivity contribution < 1.29 is 14.3 Å². The fourth-order valence-corrected chi connectivity index (χ4v) is 5.03. The third-order valence-corrected chi connectivity index (χ3v) is 6.76. The topological polar surface area (TPSA) is 38.8 Å². The number of aryl methyl sites for hydroxylation is 1. The molecule has 2 aromatic rings. The molecule has 1 aliphatic heterocycles. The number of nitrogens with zero attached hydrogens (tertiary/aromatic N) is 1. The molecule has 1 saturated carbocycles. The Labute approximate surface area is 180 Å². The van der Waals surface area contributed by atoms with Crippen molar-refractivity contribution in [3.8, 4) is 5.75 Å². The lowest BCUT2D eigenvalue weighted by Crippen LogP contribution is -2.36. The number of carbonyl (C=O) groups excluding carboxylic acids is 1. The molecule has 0 amide bonds. The van der Waals surface area contributed by atoms with Crippen LogP contribution in [-0.2, 0) is 16.1 Å². The largest absolute Gasteiger partial charge is 0.490 e. The molecular formula is C26H35NO3. The zero-order valence-corrected chi connectivity index (χ0v) is 18.5. The van der Waals surface area contributed by atoms with E-state index in [2.05, 4.69) is 42.2 Å². The highest BCUT2D eigenvalue weighted by Crippen LogP contribution is 2.35. The van der Waals surface area contributed by atoms with Gasteiger partial charge in [-0.25, -0.2) is 0 Å². The monoisotopic (exact) mass is 409 g/mol. The zero-order chi connectivity index (χ0) is 20.9. The molecule has 4 rings (SSSR count). The minimum atomic E-state index is -0.0285. The summed E-state index contributed by atoms with van der Waals surface area (Å²) >= 11 is 0. The molecule has 0 atom stereocenters. The molecule has 0 N–H and O–H groups in total. The number of carbonyl (C=O) groups is 1. The summed E-state index contributed by atoms with van der Waals surface area (Å²) in [5.41, 5.74) is 2.58. The average Bonchev–Trinajstić information content (AvgIpc) is 2.78. The van der Waals surface area contributed by atoms with Crippen molar-refractivity contribution in [2.24, 2.45) is 5.92 Å². The van der Waals surface area contributed by atoms with Crippen LogP contribution in [0.4, 0.5) is 0 Å². The molecule has 4 heteroatoms. The van der Waals surface area contributed by atoms with E-state index in [1.165, 1.54) is 41.2 Å². The molecule has 162 valence electrons. The van der Waals surface area contributed by atoms with Gasteiger partial charge in [-0.15, -0.1) is 0 Å². The van der Waals surface area contributed by atoms with E-state index in [1.54, 1.807) is 0 Å². The number of likely N-dealkylation sites (tertiary alicyclic amines) is 1. The van der Waals surface area contributed by atoms with Crippen LogP contribution < -0.4 is 4.74 Å². The summed E-state index contributed by atoms with van der Waals surface area (Å²) < 4.78 is 11.8. The Hall–Kier alpha value is -2.07. The average molecular weight is 410 g/mol. The second-order valence-electron chi connectivity index (χ2n) is 8.90. The normalized spacial score (nSPS) is 19.1. The van der Waals surface area contributed by atoms with Gasteiger partial charge in [-0.05, 0) is 87.9 Å². The van der Waals surface area contributed by atoms with E-state index in [-0.39, 0.29) is 11.9 Å². The number of piperidine rings is 1. The highest BCUT2D eigenvalue weighted by Gasteiger charge is 2.27. The number of benzene rings is 2. The van der Waals surface area contributed by atoms with Crippen molar-refractivity contribution in [3.63, 3.8) is 0 Å². The minimum absolute atomic E-state index is 0.0285. The minimum Gasteiger partial charge on any atom is -0.490 e. The van der Waals surface area contributed by atoms with Gasteiger partial charge in [0.25, 0.3) is 0 Å². The van der Waals surface area contributed by atoms with E-state index in [4.69, 9.17) is 9.47 Å². The zero-order valence-electron chi connectivity index (χ0n) is 18.5. The van der Waals surface area contributed by atoms with E-state index < -0.39 is 0 Å². The molecule has 0 aromatic heterocycles. The number of esters is 1. The lowest BCUT2D eigenvalue weighted by atomic mass is 9.94. The fourth-order valence-electron chi connectivity index (χ4n) is 5.03. The van der Waals surface area contributed by atoms with E-state index in [9.17, 15) is 4.79 Å². The molecular weight excluding hydrogens is 374 g/mol. The van der Waals surface area contributed by atoms with Crippen molar-refractivity contribution in [1.29, 1.82) is 0 Å². The molecule has 2 aromatic carbocycles. The number of hydrogen-bond acceptors (Lipinski definition) is 4. The fraction of sp³-hybridized carbons (Fsp3) is 0.577. The Morgan fingerprint density at radius 1 is 1.03 bits per heavy atom. The Morgan fingerprint density at radius 3 is 2.43 bits per heavy atom. The predicted octanol–water partition coefficient (Wildman–Crippen LogP) is 5.63. The van der Waals surface area contributed by atoms with Gasteiger partial charge in [0.05, 0.1) is 18.6 Å². The number of ether oxygens (including phenoxy) is 2. The molecule has 30 heavy (non-hydrogen) atoms. The quantitative estimate of drug-likeness (QED) is 0.579. The van der Waals surface area contributed by atoms with Crippen molar-refractivity contribution in [2.45, 2.75) is 71.4 Å². The van der Waals surface area contributed by atoms with Crippen molar-refractivity contribution >= 4 is 16.7 Å². The molecule has 2 fully saturated rings. The molecule has 0 spiro atoms. The first-order valence-electron chi connectivity index (χ1n) is 11.7. The van der Waals surface area contributed by atoms with Crippen LogP contribution in [0.3, 0.4) is 0 Å². The molecule has 2 aliphatic rings. The van der Waals surface area contributed by atoms with Crippen molar-refractivity contribution in [3.05, 3.63) is 41.5 Å². The van der Waals surface area contributed by atoms with Gasteiger partial charge in [0, 0.05) is 12.1 Å². The van der Waals surface area contributed by atoms with Gasteiger partial charge in [0.2, 0.25) is 0 Å². The smallest absolute Gasteiger partial charge is 0.309 e. The standard InChI is InChI=1S/C26H35NO3/c1-3-29-26(28)20-13-15-27(16-14-20)18-24-23-12-8-7-11-22(23)19(2)17-25(24)30-21-9-5-4-6-10-21/h7-8,11-12,17,20-21H,3-6,9-10,13-16,18H2,1-2H3. The van der Waals surface area contributed by atoms with Crippen molar-refractivity contribution in [2.75, 3.05) is 19.7 Å². The van der Waals surface area contributed by atoms with Gasteiger partial charge < -0.3 is 9.47 Å². The summed E-state index contributed by atoms with van der Waals surface area (Å²) in [6.07, 6.45) is 8.29. The molecule has 1 aliphatic carbocycles. The van der Waals surface area contributed by atoms with E-state index in [0.717, 1.165) is 51.1 Å². The number of fused-ring (bicyclic) bond motifs is 1. The first-order chi connectivity index (χ1) is 14.7. The SMILES string of the molecule is CCOC(=O)C1CCN(Cc2c(OC3CCCCC3)cc(C)c3ccccc23)CC1. The summed E-state index contributed by atoms with van der Waals surface area (Å²) in [5.74, 6) is 1.08. The number of rotatable bonds is 6. The molecule has 1 heterocycles. The molecule has 4 nitrogen and oxygen atoms in total. The van der Waals surface area contributed by atoms with Crippen LogP contribution in [0.25, 0.3) is 10.8 Å². The second kappa shape index (κ2) is 9.82. The first kappa shape index (κ1) is 21.2. The third-order valence-electron chi connectivity index (χ3n) is 6.76. The molecule has 0 bridgehead atoms. The lowest BCUT2D eigenvalue weighted by molar-refractivity contribution is -0.149. The molecule has 0 unspecified atom stereocenters. The van der Waals surface area contributed by atoms with Crippen molar-refractivity contribution in [1.82, 2.24) is 4.90 Å². The third kappa shape index (κ3) is 4.80. The van der Waals surface area contributed by atoms with Crippen LogP contribution in [-0.4, -0.2) is 36.7 Å². The number of hydrogen-bond donors (Lipinski definition) is 0. The highest BCUT2D eigenvalue weighted by molar-refractivity contribution is 5.90. The van der Waals surface area contributed by atoms with Crippen LogP contribution in [0.5, 0.6) is 5.75 Å². The first-order valence-corrected chi connectivity index (χ1v) is 11.7. The lowest BCUT2D eigenvalue weighted by Gasteiger charge is -2.32. The Kier molecular flexibility index (Phi) is 6.93. The maximum Gasteiger partial charge on any atom is 0.309 e. The Morgan fingerprint density at radius 2 is 1.73 bits per heavy atom. The maximum atomic E-state index is 12.1. The molecule has 0 radical (unpaired) electrons. The van der Waals surface area contributed by atoms with E-state index >= 15 is 0 Å². The van der Waals surface area contributed by atoms with Gasteiger partial charge >= 0.3 is 5.97 Å². The second-order valence-corrected chi connectivity index (χ2v) is 8.90. The maximum absolute atomic E-state index is 12.1. The Bertz CT molecular complexity index is 864. The van der Waals surface area contributed by atoms with Gasteiger partial charge in [0.1, 0.15) is 5.75 Å². The van der Waals surface area contributed by atoms with Gasteiger partial charge in [-0.1, -0.05) is 30.7 Å². The summed E-state index contributed by atoms with van der Waals surface area (Å²) in [5, 5.41) is 2.61. The molecule has 1 saturated heterocycles. The van der Waals surface area contributed by atoms with Crippen LogP contribution in [0.15, 0.2) is 30.3 Å². The van der Waals surface area contributed by atoms with Crippen LogP contribution in [0, 0.1) is 12.8 Å². The van der Waals surface area contributed by atoms with Gasteiger partial charge in [-0.3, -0.25) is 9.69 Å². The van der Waals surface area contributed by atoms with Gasteiger partial charge in [-0.2, -0.15) is 0 Å². The van der Waals surface area contributed by atoms with E-state index in [1.807, 2.05) is 6.92 Å². The summed E-state index contributed by atoms with van der Waals surface area (Å²) in [6.45, 7) is 7.26. The Balaban J connectivity index is 1.55. The van der Waals surface area contributed by atoms with Crippen LogP contribution >= 0.6 is 0 Å². The highest BCUT2D eigenvalue weighted by atomic mass is 16.5. The van der Waals surface area contributed by atoms with Crippen LogP contribution in [0.1, 0.15) is 63.0 Å². The van der Waals surface area contributed by atoms with Gasteiger partial charge in [0.15, 0.2) is 0 Å². The van der Waals surface area contributed by atoms with E-state index in [0.29, 0.717) is 12.7 Å². The summed E-state index contributed by atoms with van der Waals surface area (Å²) in [4.78, 5) is 14.6. The summed E-state index contributed by atoms with van der Waals surface area (Å²) in [7, 11) is 0. The summed E-state index contributed by atoms with van der Waals surface area (Å²) in [6, 6.07) is 10.9.